The van der Waals surface area contributed by atoms with Crippen molar-refractivity contribution in [1.82, 2.24) is 10.3 Å². The SMILES string of the molecule is CC(=O)OCC1=CC(c2ccccc2)(c2ccccc2)C=C(c2cccc(COC(C)=O)n2)N1. The molecule has 1 N–H and O–H groups in total. The zero-order chi connectivity index (χ0) is 24.0. The molecule has 4 rings (SSSR count). The number of carbonyl (C=O) groups excluding carboxylic acids is 2. The fourth-order valence-electron chi connectivity index (χ4n) is 4.00. The third-order valence-corrected chi connectivity index (χ3v) is 5.51. The van der Waals surface area contributed by atoms with E-state index in [0.717, 1.165) is 22.5 Å². The minimum atomic E-state index is -0.619. The summed E-state index contributed by atoms with van der Waals surface area (Å²) >= 11 is 0. The highest BCUT2D eigenvalue weighted by molar-refractivity contribution is 5.71. The second-order valence-electron chi connectivity index (χ2n) is 8.03. The minimum absolute atomic E-state index is 0.0924. The molecule has 0 amide bonds. The lowest BCUT2D eigenvalue weighted by Gasteiger charge is -2.35. The highest BCUT2D eigenvalue weighted by Gasteiger charge is 2.34. The maximum absolute atomic E-state index is 11.6. The maximum Gasteiger partial charge on any atom is 0.303 e. The van der Waals surface area contributed by atoms with Gasteiger partial charge < -0.3 is 14.8 Å². The van der Waals surface area contributed by atoms with Crippen molar-refractivity contribution in [3.63, 3.8) is 0 Å². The molecule has 0 radical (unpaired) electrons. The average Bonchev–Trinajstić information content (AvgIpc) is 2.87. The van der Waals surface area contributed by atoms with Crippen molar-refractivity contribution in [2.45, 2.75) is 25.9 Å². The van der Waals surface area contributed by atoms with E-state index in [1.807, 2.05) is 54.6 Å². The number of hydrogen-bond donors (Lipinski definition) is 1. The van der Waals surface area contributed by atoms with Gasteiger partial charge in [0.15, 0.2) is 0 Å². The molecular weight excluding hydrogens is 428 g/mol. The van der Waals surface area contributed by atoms with Crippen molar-refractivity contribution in [3.8, 4) is 0 Å². The lowest BCUT2D eigenvalue weighted by molar-refractivity contribution is -0.142. The number of allylic oxidation sites excluding steroid dienone is 2. The molecule has 0 saturated heterocycles. The van der Waals surface area contributed by atoms with Crippen LogP contribution in [0.25, 0.3) is 5.70 Å². The number of pyridine rings is 1. The van der Waals surface area contributed by atoms with Crippen LogP contribution < -0.4 is 5.32 Å². The Morgan fingerprint density at radius 3 is 1.94 bits per heavy atom. The van der Waals surface area contributed by atoms with E-state index in [2.05, 4.69) is 41.7 Å². The van der Waals surface area contributed by atoms with Crippen LogP contribution in [0.2, 0.25) is 0 Å². The molecule has 34 heavy (non-hydrogen) atoms. The van der Waals surface area contributed by atoms with E-state index in [1.165, 1.54) is 13.8 Å². The van der Waals surface area contributed by atoms with Gasteiger partial charge in [-0.05, 0) is 35.4 Å². The number of nitrogens with zero attached hydrogens (tertiary/aromatic N) is 1. The molecule has 0 aliphatic carbocycles. The van der Waals surface area contributed by atoms with Crippen LogP contribution in [-0.2, 0) is 31.1 Å². The van der Waals surface area contributed by atoms with Crippen LogP contribution in [0, 0.1) is 0 Å². The Hall–Kier alpha value is -4.19. The first-order valence-corrected chi connectivity index (χ1v) is 11.0. The summed E-state index contributed by atoms with van der Waals surface area (Å²) in [6.45, 7) is 2.95. The van der Waals surface area contributed by atoms with E-state index >= 15 is 0 Å². The number of carbonyl (C=O) groups is 2. The van der Waals surface area contributed by atoms with Gasteiger partial charge in [-0.3, -0.25) is 9.59 Å². The molecule has 0 spiro atoms. The maximum atomic E-state index is 11.6. The number of rotatable bonds is 7. The third-order valence-electron chi connectivity index (χ3n) is 5.51. The Kier molecular flexibility index (Phi) is 6.87. The predicted octanol–water partition coefficient (Wildman–Crippen LogP) is 4.52. The summed E-state index contributed by atoms with van der Waals surface area (Å²) in [7, 11) is 0. The summed E-state index contributed by atoms with van der Waals surface area (Å²) in [5.41, 5.74) is 4.35. The molecule has 2 heterocycles. The minimum Gasteiger partial charge on any atom is -0.459 e. The Balaban J connectivity index is 1.86. The number of aromatic nitrogens is 1. The van der Waals surface area contributed by atoms with Crippen molar-refractivity contribution in [2.24, 2.45) is 0 Å². The van der Waals surface area contributed by atoms with E-state index in [9.17, 15) is 9.59 Å². The summed E-state index contributed by atoms with van der Waals surface area (Å²) in [5, 5.41) is 3.39. The van der Waals surface area contributed by atoms with E-state index in [4.69, 9.17) is 14.5 Å². The van der Waals surface area contributed by atoms with Crippen molar-refractivity contribution < 1.29 is 19.1 Å². The monoisotopic (exact) mass is 454 g/mol. The van der Waals surface area contributed by atoms with Gasteiger partial charge in [0.25, 0.3) is 0 Å². The summed E-state index contributed by atoms with van der Waals surface area (Å²) in [6, 6.07) is 25.9. The van der Waals surface area contributed by atoms with Crippen molar-refractivity contribution in [1.29, 1.82) is 0 Å². The lowest BCUT2D eigenvalue weighted by atomic mass is 9.72. The molecule has 0 unspecified atom stereocenters. The Morgan fingerprint density at radius 1 is 0.765 bits per heavy atom. The Morgan fingerprint density at radius 2 is 1.35 bits per heavy atom. The molecule has 3 aromatic rings. The van der Waals surface area contributed by atoms with Gasteiger partial charge in [-0.1, -0.05) is 66.7 Å². The first kappa shape index (κ1) is 23.0. The third kappa shape index (κ3) is 5.23. The Bertz CT molecular complexity index is 1190. The number of hydrogen-bond acceptors (Lipinski definition) is 6. The van der Waals surface area contributed by atoms with E-state index in [-0.39, 0.29) is 25.2 Å². The first-order valence-electron chi connectivity index (χ1n) is 11.0. The molecule has 0 fully saturated rings. The highest BCUT2D eigenvalue weighted by atomic mass is 16.5. The normalized spacial score (nSPS) is 14.3. The molecule has 0 bridgehead atoms. The number of nitrogens with one attached hydrogen (secondary N) is 1. The number of esters is 2. The molecule has 1 aliphatic heterocycles. The van der Waals surface area contributed by atoms with Gasteiger partial charge in [-0.15, -0.1) is 0 Å². The second-order valence-corrected chi connectivity index (χ2v) is 8.03. The summed E-state index contributed by atoms with van der Waals surface area (Å²) in [5.74, 6) is -0.716. The van der Waals surface area contributed by atoms with Gasteiger partial charge in [0.1, 0.15) is 13.2 Å². The Labute approximate surface area is 198 Å². The largest absolute Gasteiger partial charge is 0.459 e. The zero-order valence-electron chi connectivity index (χ0n) is 19.2. The fraction of sp³-hybridized carbons (Fsp3) is 0.179. The molecule has 172 valence electrons. The van der Waals surface area contributed by atoms with Gasteiger partial charge in [-0.25, -0.2) is 4.98 Å². The van der Waals surface area contributed by atoms with Crippen molar-refractivity contribution in [3.05, 3.63) is 119 Å². The van der Waals surface area contributed by atoms with Gasteiger partial charge >= 0.3 is 11.9 Å². The lowest BCUT2D eigenvalue weighted by Crippen LogP contribution is -2.33. The first-order chi connectivity index (χ1) is 16.5. The van der Waals surface area contributed by atoms with Crippen LogP contribution >= 0.6 is 0 Å². The predicted molar refractivity (Wildman–Crippen MR) is 129 cm³/mol. The van der Waals surface area contributed by atoms with Crippen LogP contribution in [0.3, 0.4) is 0 Å². The highest BCUT2D eigenvalue weighted by Crippen LogP contribution is 2.40. The molecule has 2 aromatic carbocycles. The quantitative estimate of drug-likeness (QED) is 0.529. The molecular formula is C28H26N2O4. The van der Waals surface area contributed by atoms with Crippen LogP contribution in [0.15, 0.2) is 96.7 Å². The molecule has 0 atom stereocenters. The van der Waals surface area contributed by atoms with Crippen LogP contribution in [0.4, 0.5) is 0 Å². The van der Waals surface area contributed by atoms with Gasteiger partial charge in [0, 0.05) is 13.8 Å². The molecule has 1 aliphatic rings. The molecule has 6 nitrogen and oxygen atoms in total. The number of ether oxygens (including phenoxy) is 2. The topological polar surface area (TPSA) is 77.5 Å². The van der Waals surface area contributed by atoms with Crippen LogP contribution in [0.1, 0.15) is 36.4 Å². The zero-order valence-corrected chi connectivity index (χ0v) is 19.2. The standard InChI is InChI=1S/C28H26N2O4/c1-20(31)33-18-24-14-9-15-26(29-24)27-17-28(22-10-5-3-6-11-22,23-12-7-4-8-13-23)16-25(30-27)19-34-21(2)32/h3-17,30H,18-19H2,1-2H3. The van der Waals surface area contributed by atoms with E-state index < -0.39 is 5.41 Å². The summed E-state index contributed by atoms with van der Waals surface area (Å²) in [4.78, 5) is 27.5. The van der Waals surface area contributed by atoms with Crippen molar-refractivity contribution in [2.75, 3.05) is 6.61 Å². The summed E-state index contributed by atoms with van der Waals surface area (Å²) in [6.07, 6.45) is 4.22. The van der Waals surface area contributed by atoms with E-state index in [0.29, 0.717) is 11.4 Å². The summed E-state index contributed by atoms with van der Waals surface area (Å²) < 4.78 is 10.5. The number of dihydropyridines is 1. The second kappa shape index (κ2) is 10.2. The molecule has 6 heteroatoms. The van der Waals surface area contributed by atoms with Crippen LogP contribution in [0.5, 0.6) is 0 Å². The van der Waals surface area contributed by atoms with Gasteiger partial charge in [0.2, 0.25) is 0 Å². The van der Waals surface area contributed by atoms with Crippen molar-refractivity contribution >= 4 is 17.6 Å². The molecule has 0 saturated carbocycles. The number of benzene rings is 2. The van der Waals surface area contributed by atoms with E-state index in [1.54, 1.807) is 0 Å². The molecule has 1 aromatic heterocycles. The van der Waals surface area contributed by atoms with Gasteiger partial charge in [-0.2, -0.15) is 0 Å². The fourth-order valence-corrected chi connectivity index (χ4v) is 4.00. The van der Waals surface area contributed by atoms with Gasteiger partial charge in [0.05, 0.1) is 28.2 Å². The average molecular weight is 455 g/mol. The van der Waals surface area contributed by atoms with Crippen LogP contribution in [-0.4, -0.2) is 23.5 Å². The smallest absolute Gasteiger partial charge is 0.303 e.